The SMILES string of the molecule is CC(=O)N1CCN([C@H]2CCN(C3CC(F)CC(NC(=O)C4CC5C(F)CCC(C)C5N4)C3)C2)CC1. The van der Waals surface area contributed by atoms with Crippen LogP contribution < -0.4 is 10.6 Å². The summed E-state index contributed by atoms with van der Waals surface area (Å²) in [6, 6.07) is 0.131. The Hall–Kier alpha value is -1.32. The summed E-state index contributed by atoms with van der Waals surface area (Å²) in [5.41, 5.74) is 0. The fourth-order valence-electron chi connectivity index (χ4n) is 7.54. The maximum atomic E-state index is 14.8. The van der Waals surface area contributed by atoms with E-state index >= 15 is 0 Å². The highest BCUT2D eigenvalue weighted by atomic mass is 19.1. The number of amides is 2. The standard InChI is InChI=1S/C26H43F2N5O2/c1-16-3-4-23(28)22-14-24(30-25(16)22)26(35)29-19-11-18(27)12-21(13-19)33-6-5-20(15-33)32-9-7-31(8-10-32)17(2)34/h16,18-25,30H,3-15H2,1-2H3,(H,29,35)/t16?,18?,19?,20-,21?,22?,23?,24?,25?/m0/s1. The first-order chi connectivity index (χ1) is 16.8. The van der Waals surface area contributed by atoms with Gasteiger partial charge in [-0.05, 0) is 50.9 Å². The van der Waals surface area contributed by atoms with E-state index < -0.39 is 12.3 Å². The molecule has 5 aliphatic rings. The van der Waals surface area contributed by atoms with Crippen LogP contribution in [0.25, 0.3) is 0 Å². The topological polar surface area (TPSA) is 67.9 Å². The largest absolute Gasteiger partial charge is 0.352 e. The van der Waals surface area contributed by atoms with Crippen LogP contribution in [0.2, 0.25) is 0 Å². The smallest absolute Gasteiger partial charge is 0.237 e. The number of rotatable bonds is 4. The number of likely N-dealkylation sites (tertiary alicyclic amines) is 1. The van der Waals surface area contributed by atoms with Gasteiger partial charge in [0.25, 0.3) is 0 Å². The first-order valence-corrected chi connectivity index (χ1v) is 13.9. The summed E-state index contributed by atoms with van der Waals surface area (Å²) >= 11 is 0. The molecule has 9 heteroatoms. The minimum absolute atomic E-state index is 0.0707. The van der Waals surface area contributed by atoms with Crippen molar-refractivity contribution in [2.45, 2.75) is 101 Å². The molecule has 0 aromatic carbocycles. The van der Waals surface area contributed by atoms with Gasteiger partial charge in [-0.1, -0.05) is 6.92 Å². The highest BCUT2D eigenvalue weighted by Gasteiger charge is 2.47. The third kappa shape index (κ3) is 5.52. The molecule has 0 aromatic rings. The number of hydrogen-bond acceptors (Lipinski definition) is 5. The molecule has 3 heterocycles. The number of carbonyl (C=O) groups excluding carboxylic acids is 2. The molecule has 5 rings (SSSR count). The third-order valence-electron chi connectivity index (χ3n) is 9.61. The molecule has 9 atom stereocenters. The molecule has 3 aliphatic heterocycles. The Morgan fingerprint density at radius 3 is 2.37 bits per heavy atom. The minimum Gasteiger partial charge on any atom is -0.352 e. The van der Waals surface area contributed by atoms with Crippen molar-refractivity contribution in [3.8, 4) is 0 Å². The van der Waals surface area contributed by atoms with Gasteiger partial charge in [0.15, 0.2) is 0 Å². The zero-order valence-corrected chi connectivity index (χ0v) is 21.3. The van der Waals surface area contributed by atoms with Crippen LogP contribution in [-0.4, -0.2) is 108 Å². The molecule has 35 heavy (non-hydrogen) atoms. The van der Waals surface area contributed by atoms with Crippen LogP contribution in [0, 0.1) is 11.8 Å². The zero-order chi connectivity index (χ0) is 24.7. The molecule has 0 spiro atoms. The fraction of sp³-hybridized carbons (Fsp3) is 0.923. The lowest BCUT2D eigenvalue weighted by atomic mass is 9.77. The van der Waals surface area contributed by atoms with Gasteiger partial charge in [0.05, 0.1) is 6.04 Å². The molecule has 2 saturated carbocycles. The number of alkyl halides is 2. The van der Waals surface area contributed by atoms with Crippen LogP contribution in [0.3, 0.4) is 0 Å². The molecule has 7 nitrogen and oxygen atoms in total. The molecule has 8 unspecified atom stereocenters. The Balaban J connectivity index is 1.12. The monoisotopic (exact) mass is 495 g/mol. The number of piperazine rings is 1. The highest BCUT2D eigenvalue weighted by molar-refractivity contribution is 5.82. The summed E-state index contributed by atoms with van der Waals surface area (Å²) in [7, 11) is 0. The second kappa shape index (κ2) is 10.6. The molecule has 0 bridgehead atoms. The first-order valence-electron chi connectivity index (χ1n) is 13.9. The second-order valence-corrected chi connectivity index (χ2v) is 11.9. The zero-order valence-electron chi connectivity index (χ0n) is 21.3. The number of carbonyl (C=O) groups is 2. The van der Waals surface area contributed by atoms with Crippen molar-refractivity contribution in [1.29, 1.82) is 0 Å². The molecule has 0 radical (unpaired) electrons. The van der Waals surface area contributed by atoms with Crippen LogP contribution in [-0.2, 0) is 9.59 Å². The Morgan fingerprint density at radius 1 is 0.886 bits per heavy atom. The number of halogens is 2. The van der Waals surface area contributed by atoms with Crippen LogP contribution in [0.5, 0.6) is 0 Å². The quantitative estimate of drug-likeness (QED) is 0.622. The molecule has 3 saturated heterocycles. The van der Waals surface area contributed by atoms with Gasteiger partial charge in [-0.15, -0.1) is 0 Å². The van der Waals surface area contributed by atoms with Crippen LogP contribution in [0.4, 0.5) is 8.78 Å². The first kappa shape index (κ1) is 25.3. The van der Waals surface area contributed by atoms with E-state index in [4.69, 9.17) is 0 Å². The summed E-state index contributed by atoms with van der Waals surface area (Å²) in [4.78, 5) is 31.5. The Morgan fingerprint density at radius 2 is 1.66 bits per heavy atom. The van der Waals surface area contributed by atoms with E-state index in [1.54, 1.807) is 6.92 Å². The van der Waals surface area contributed by atoms with Gasteiger partial charge < -0.3 is 15.5 Å². The average Bonchev–Trinajstić information content (AvgIpc) is 3.50. The van der Waals surface area contributed by atoms with Crippen LogP contribution >= 0.6 is 0 Å². The van der Waals surface area contributed by atoms with Gasteiger partial charge in [0, 0.05) is 76.3 Å². The number of hydrogen-bond donors (Lipinski definition) is 2. The van der Waals surface area contributed by atoms with E-state index in [1.165, 1.54) is 0 Å². The number of fused-ring (bicyclic) bond motifs is 1. The maximum Gasteiger partial charge on any atom is 0.237 e. The Bertz CT molecular complexity index is 761. The van der Waals surface area contributed by atoms with Crippen molar-refractivity contribution < 1.29 is 18.4 Å². The van der Waals surface area contributed by atoms with E-state index in [-0.39, 0.29) is 41.9 Å². The normalized spacial score (nSPS) is 43.2. The van der Waals surface area contributed by atoms with E-state index in [9.17, 15) is 18.4 Å². The van der Waals surface area contributed by atoms with Gasteiger partial charge in [-0.25, -0.2) is 8.78 Å². The van der Waals surface area contributed by atoms with E-state index in [2.05, 4.69) is 27.4 Å². The van der Waals surface area contributed by atoms with Crippen LogP contribution in [0.15, 0.2) is 0 Å². The maximum absolute atomic E-state index is 14.8. The summed E-state index contributed by atoms with van der Waals surface area (Å²) in [5, 5.41) is 6.54. The third-order valence-corrected chi connectivity index (χ3v) is 9.61. The number of nitrogens with one attached hydrogen (secondary N) is 2. The highest BCUT2D eigenvalue weighted by Crippen LogP contribution is 2.39. The second-order valence-electron chi connectivity index (χ2n) is 11.9. The molecule has 198 valence electrons. The van der Waals surface area contributed by atoms with Gasteiger partial charge in [-0.3, -0.25) is 19.4 Å². The van der Waals surface area contributed by atoms with Gasteiger partial charge in [-0.2, -0.15) is 0 Å². The van der Waals surface area contributed by atoms with Gasteiger partial charge in [0.1, 0.15) is 12.3 Å². The van der Waals surface area contributed by atoms with Crippen molar-refractivity contribution in [3.05, 3.63) is 0 Å². The lowest BCUT2D eigenvalue weighted by Gasteiger charge is -2.39. The summed E-state index contributed by atoms with van der Waals surface area (Å²) in [5.74, 6) is 0.362. The van der Waals surface area contributed by atoms with Crippen molar-refractivity contribution in [2.75, 3.05) is 39.3 Å². The Labute approximate surface area is 208 Å². The van der Waals surface area contributed by atoms with Gasteiger partial charge in [0.2, 0.25) is 11.8 Å². The molecule has 2 amide bonds. The molecular formula is C26H43F2N5O2. The summed E-state index contributed by atoms with van der Waals surface area (Å²) < 4.78 is 29.2. The van der Waals surface area contributed by atoms with Crippen molar-refractivity contribution >= 4 is 11.8 Å². The van der Waals surface area contributed by atoms with Gasteiger partial charge >= 0.3 is 0 Å². The van der Waals surface area contributed by atoms with E-state index in [0.29, 0.717) is 37.6 Å². The summed E-state index contributed by atoms with van der Waals surface area (Å²) in [6.45, 7) is 9.04. The summed E-state index contributed by atoms with van der Waals surface area (Å²) in [6.07, 6.45) is 3.01. The predicted molar refractivity (Wildman–Crippen MR) is 130 cm³/mol. The van der Waals surface area contributed by atoms with Crippen molar-refractivity contribution in [3.63, 3.8) is 0 Å². The fourth-order valence-corrected chi connectivity index (χ4v) is 7.54. The lowest BCUT2D eigenvalue weighted by Crippen LogP contribution is -2.54. The molecular weight excluding hydrogens is 452 g/mol. The molecule has 2 N–H and O–H groups in total. The van der Waals surface area contributed by atoms with E-state index in [1.807, 2.05) is 4.90 Å². The van der Waals surface area contributed by atoms with E-state index in [0.717, 1.165) is 58.5 Å². The molecule has 5 fully saturated rings. The van der Waals surface area contributed by atoms with Crippen molar-refractivity contribution in [1.82, 2.24) is 25.3 Å². The number of nitrogens with zero attached hydrogens (tertiary/aromatic N) is 3. The molecule has 0 aromatic heterocycles. The Kier molecular flexibility index (Phi) is 7.66. The van der Waals surface area contributed by atoms with Crippen LogP contribution in [0.1, 0.15) is 58.8 Å². The molecule has 2 aliphatic carbocycles. The average molecular weight is 496 g/mol. The van der Waals surface area contributed by atoms with Crippen molar-refractivity contribution in [2.24, 2.45) is 11.8 Å². The predicted octanol–water partition coefficient (Wildman–Crippen LogP) is 1.71. The minimum atomic E-state index is -0.911. The lowest BCUT2D eigenvalue weighted by molar-refractivity contribution is -0.130.